The Hall–Kier alpha value is -0.340. The molecule has 0 saturated carbocycles. The summed E-state index contributed by atoms with van der Waals surface area (Å²) in [6.45, 7) is 6.42. The fourth-order valence-corrected chi connectivity index (χ4v) is 1.44. The molecule has 0 spiro atoms. The maximum absolute atomic E-state index is 9.50. The second kappa shape index (κ2) is 4.63. The zero-order valence-electron chi connectivity index (χ0n) is 7.75. The number of hydrogen-bond acceptors (Lipinski definition) is 2. The van der Waals surface area contributed by atoms with Crippen LogP contribution < -0.4 is 0 Å². The second-order valence-electron chi connectivity index (χ2n) is 3.59. The molecule has 2 unspecified atom stereocenters. The van der Waals surface area contributed by atoms with E-state index >= 15 is 0 Å². The number of rotatable bonds is 3. The average Bonchev–Trinajstić information content (AvgIpc) is 2.06. The van der Waals surface area contributed by atoms with E-state index in [9.17, 15) is 5.11 Å². The number of aliphatic hydroxyl groups excluding tert-OH is 1. The quantitative estimate of drug-likeness (QED) is 0.655. The molecule has 12 heavy (non-hydrogen) atoms. The van der Waals surface area contributed by atoms with Crippen LogP contribution in [0.4, 0.5) is 0 Å². The van der Waals surface area contributed by atoms with Crippen LogP contribution in [0, 0.1) is 0 Å². The van der Waals surface area contributed by atoms with Gasteiger partial charge in [-0.1, -0.05) is 12.2 Å². The Labute approximate surface area is 74.2 Å². The molecule has 0 bridgehead atoms. The molecule has 0 aromatic carbocycles. The van der Waals surface area contributed by atoms with Crippen LogP contribution in [-0.2, 0) is 4.74 Å². The highest BCUT2D eigenvalue weighted by atomic mass is 16.5. The minimum atomic E-state index is -0.381. The largest absolute Gasteiger partial charge is 0.389 e. The molecule has 1 heterocycles. The lowest BCUT2D eigenvalue weighted by Gasteiger charge is -2.24. The Bertz CT molecular complexity index is 148. The lowest BCUT2D eigenvalue weighted by Crippen LogP contribution is -2.24. The van der Waals surface area contributed by atoms with E-state index in [0.717, 1.165) is 25.0 Å². The first-order chi connectivity index (χ1) is 5.70. The summed E-state index contributed by atoms with van der Waals surface area (Å²) in [4.78, 5) is 0. The van der Waals surface area contributed by atoms with Crippen molar-refractivity contribution in [1.82, 2.24) is 0 Å². The van der Waals surface area contributed by atoms with Crippen LogP contribution in [0.1, 0.15) is 32.6 Å². The van der Waals surface area contributed by atoms with Gasteiger partial charge in [-0.15, -0.1) is 0 Å². The summed E-state index contributed by atoms with van der Waals surface area (Å²) in [7, 11) is 0. The van der Waals surface area contributed by atoms with E-state index in [0.29, 0.717) is 0 Å². The third kappa shape index (κ3) is 2.95. The number of ether oxygens (including phenoxy) is 1. The Morgan fingerprint density at radius 2 is 2.42 bits per heavy atom. The maximum atomic E-state index is 9.50. The van der Waals surface area contributed by atoms with Gasteiger partial charge in [0.2, 0.25) is 0 Å². The van der Waals surface area contributed by atoms with Crippen molar-refractivity contribution in [2.45, 2.75) is 44.8 Å². The third-order valence-corrected chi connectivity index (χ3v) is 2.33. The van der Waals surface area contributed by atoms with E-state index in [1.807, 2.05) is 6.92 Å². The molecular formula is C10H18O2. The highest BCUT2D eigenvalue weighted by molar-refractivity contribution is 4.97. The Kier molecular flexibility index (Phi) is 3.76. The van der Waals surface area contributed by atoms with Crippen LogP contribution in [0.2, 0.25) is 0 Å². The van der Waals surface area contributed by atoms with Crippen molar-refractivity contribution >= 4 is 0 Å². The van der Waals surface area contributed by atoms with Crippen LogP contribution in [0.3, 0.4) is 0 Å². The van der Waals surface area contributed by atoms with Gasteiger partial charge in [0.1, 0.15) is 0 Å². The molecule has 1 aliphatic rings. The predicted octanol–water partition coefficient (Wildman–Crippen LogP) is 1.88. The Morgan fingerprint density at radius 1 is 1.67 bits per heavy atom. The minimum absolute atomic E-state index is 0.255. The molecular weight excluding hydrogens is 152 g/mol. The van der Waals surface area contributed by atoms with Crippen LogP contribution in [0.25, 0.3) is 0 Å². The average molecular weight is 170 g/mol. The summed E-state index contributed by atoms with van der Waals surface area (Å²) in [5.41, 5.74) is 0.837. The molecule has 2 heteroatoms. The topological polar surface area (TPSA) is 29.5 Å². The maximum Gasteiger partial charge on any atom is 0.0769 e. The zero-order chi connectivity index (χ0) is 8.97. The highest BCUT2D eigenvalue weighted by Crippen LogP contribution is 2.18. The molecule has 2 atom stereocenters. The molecule has 0 amide bonds. The minimum Gasteiger partial charge on any atom is -0.389 e. The van der Waals surface area contributed by atoms with Crippen LogP contribution >= 0.6 is 0 Å². The van der Waals surface area contributed by atoms with Gasteiger partial charge in [-0.2, -0.15) is 0 Å². The van der Waals surface area contributed by atoms with E-state index in [2.05, 4.69) is 6.58 Å². The fraction of sp³-hybridized carbons (Fsp3) is 0.800. The zero-order valence-corrected chi connectivity index (χ0v) is 7.75. The molecule has 1 fully saturated rings. The molecule has 0 aromatic heterocycles. The summed E-state index contributed by atoms with van der Waals surface area (Å²) in [5.74, 6) is 0. The Balaban J connectivity index is 2.24. The summed E-state index contributed by atoms with van der Waals surface area (Å²) >= 11 is 0. The van der Waals surface area contributed by atoms with Gasteiger partial charge in [-0.05, 0) is 26.2 Å². The van der Waals surface area contributed by atoms with Crippen molar-refractivity contribution in [1.29, 1.82) is 0 Å². The Morgan fingerprint density at radius 3 is 2.92 bits per heavy atom. The monoisotopic (exact) mass is 170 g/mol. The molecule has 0 radical (unpaired) electrons. The third-order valence-electron chi connectivity index (χ3n) is 2.33. The molecule has 1 saturated heterocycles. The van der Waals surface area contributed by atoms with Crippen molar-refractivity contribution in [3.8, 4) is 0 Å². The van der Waals surface area contributed by atoms with Gasteiger partial charge in [0.25, 0.3) is 0 Å². The van der Waals surface area contributed by atoms with Crippen molar-refractivity contribution in [3.63, 3.8) is 0 Å². The molecule has 0 aromatic rings. The smallest absolute Gasteiger partial charge is 0.0769 e. The molecule has 1 N–H and O–H groups in total. The van der Waals surface area contributed by atoms with Crippen molar-refractivity contribution in [2.75, 3.05) is 6.61 Å². The fourth-order valence-electron chi connectivity index (χ4n) is 1.44. The van der Waals surface area contributed by atoms with E-state index < -0.39 is 0 Å². The molecule has 2 nitrogen and oxygen atoms in total. The first kappa shape index (κ1) is 9.75. The van der Waals surface area contributed by atoms with E-state index in [1.54, 1.807) is 0 Å². The SMILES string of the molecule is C=C(C)C(O)CC1CCCCO1. The lowest BCUT2D eigenvalue weighted by atomic mass is 10.0. The van der Waals surface area contributed by atoms with Gasteiger partial charge in [0.15, 0.2) is 0 Å². The molecule has 0 aliphatic carbocycles. The van der Waals surface area contributed by atoms with Crippen LogP contribution in [0.5, 0.6) is 0 Å². The highest BCUT2D eigenvalue weighted by Gasteiger charge is 2.17. The van der Waals surface area contributed by atoms with Crippen LogP contribution in [0.15, 0.2) is 12.2 Å². The lowest BCUT2D eigenvalue weighted by molar-refractivity contribution is -0.00883. The first-order valence-corrected chi connectivity index (χ1v) is 4.65. The number of hydrogen-bond donors (Lipinski definition) is 1. The van der Waals surface area contributed by atoms with Crippen molar-refractivity contribution in [2.24, 2.45) is 0 Å². The van der Waals surface area contributed by atoms with Crippen LogP contribution in [-0.4, -0.2) is 23.9 Å². The van der Waals surface area contributed by atoms with E-state index in [4.69, 9.17) is 4.74 Å². The van der Waals surface area contributed by atoms with E-state index in [1.165, 1.54) is 12.8 Å². The van der Waals surface area contributed by atoms with Gasteiger partial charge < -0.3 is 9.84 Å². The molecule has 1 aliphatic heterocycles. The van der Waals surface area contributed by atoms with Gasteiger partial charge in [0.05, 0.1) is 12.2 Å². The van der Waals surface area contributed by atoms with Crippen molar-refractivity contribution in [3.05, 3.63) is 12.2 Å². The normalized spacial score (nSPS) is 26.7. The standard InChI is InChI=1S/C10H18O2/c1-8(2)10(11)7-9-5-3-4-6-12-9/h9-11H,1,3-7H2,2H3. The summed E-state index contributed by atoms with van der Waals surface area (Å²) in [5, 5.41) is 9.50. The summed E-state index contributed by atoms with van der Waals surface area (Å²) in [6.07, 6.45) is 4.07. The molecule has 1 rings (SSSR count). The number of aliphatic hydroxyl groups is 1. The van der Waals surface area contributed by atoms with Crippen molar-refractivity contribution < 1.29 is 9.84 Å². The summed E-state index contributed by atoms with van der Waals surface area (Å²) in [6, 6.07) is 0. The van der Waals surface area contributed by atoms with Gasteiger partial charge in [0, 0.05) is 13.0 Å². The summed E-state index contributed by atoms with van der Waals surface area (Å²) < 4.78 is 5.50. The first-order valence-electron chi connectivity index (χ1n) is 4.65. The molecule has 70 valence electrons. The van der Waals surface area contributed by atoms with Gasteiger partial charge in [-0.25, -0.2) is 0 Å². The van der Waals surface area contributed by atoms with Gasteiger partial charge >= 0.3 is 0 Å². The second-order valence-corrected chi connectivity index (χ2v) is 3.59. The van der Waals surface area contributed by atoms with E-state index in [-0.39, 0.29) is 12.2 Å². The van der Waals surface area contributed by atoms with Gasteiger partial charge in [-0.3, -0.25) is 0 Å². The predicted molar refractivity (Wildman–Crippen MR) is 49.0 cm³/mol.